The van der Waals surface area contributed by atoms with E-state index < -0.39 is 0 Å². The van der Waals surface area contributed by atoms with Crippen LogP contribution >= 0.6 is 23.2 Å². The molecule has 14 heavy (non-hydrogen) atoms. The van der Waals surface area contributed by atoms with Crippen molar-refractivity contribution in [3.05, 3.63) is 0 Å². The molecule has 0 aliphatic rings. The molecule has 86 valence electrons. The predicted molar refractivity (Wildman–Crippen MR) is 67.6 cm³/mol. The first-order valence-electron chi connectivity index (χ1n) is 5.65. The molecule has 2 heteroatoms. The van der Waals surface area contributed by atoms with Crippen LogP contribution < -0.4 is 0 Å². The lowest BCUT2D eigenvalue weighted by atomic mass is 9.94. The lowest BCUT2D eigenvalue weighted by molar-refractivity contribution is 0.461. The van der Waals surface area contributed by atoms with Gasteiger partial charge in [0.15, 0.2) is 0 Å². The van der Waals surface area contributed by atoms with Gasteiger partial charge in [-0.05, 0) is 46.5 Å². The van der Waals surface area contributed by atoms with Gasteiger partial charge in [-0.1, -0.05) is 19.8 Å². The molecule has 0 aliphatic carbocycles. The summed E-state index contributed by atoms with van der Waals surface area (Å²) in [5.41, 5.74) is 0. The van der Waals surface area contributed by atoms with Crippen LogP contribution in [-0.2, 0) is 0 Å². The molecule has 0 fully saturated rings. The van der Waals surface area contributed by atoms with Gasteiger partial charge in [-0.15, -0.1) is 23.2 Å². The minimum atomic E-state index is -0.0717. The summed E-state index contributed by atoms with van der Waals surface area (Å²) in [6.45, 7) is 8.47. The molecular formula is C12H24Cl2. The highest BCUT2D eigenvalue weighted by Crippen LogP contribution is 2.30. The summed E-state index contributed by atoms with van der Waals surface area (Å²) < 4.78 is 0. The summed E-state index contributed by atoms with van der Waals surface area (Å²) in [5.74, 6) is 0. The van der Waals surface area contributed by atoms with Gasteiger partial charge in [0, 0.05) is 9.75 Å². The number of alkyl halides is 2. The Labute approximate surface area is 99.4 Å². The zero-order valence-corrected chi connectivity index (χ0v) is 11.5. The Morgan fingerprint density at radius 3 is 1.79 bits per heavy atom. The maximum absolute atomic E-state index is 6.40. The van der Waals surface area contributed by atoms with E-state index in [1.165, 1.54) is 12.8 Å². The average molecular weight is 239 g/mol. The topological polar surface area (TPSA) is 0 Å². The quantitative estimate of drug-likeness (QED) is 0.524. The van der Waals surface area contributed by atoms with Gasteiger partial charge in [0.1, 0.15) is 0 Å². The van der Waals surface area contributed by atoms with E-state index in [2.05, 4.69) is 27.7 Å². The summed E-state index contributed by atoms with van der Waals surface area (Å²) in [7, 11) is 0. The van der Waals surface area contributed by atoms with E-state index in [-0.39, 0.29) is 9.75 Å². The maximum atomic E-state index is 6.40. The van der Waals surface area contributed by atoms with Gasteiger partial charge in [0.25, 0.3) is 0 Å². The first kappa shape index (κ1) is 14.6. The fourth-order valence-electron chi connectivity index (χ4n) is 1.55. The lowest BCUT2D eigenvalue weighted by Crippen LogP contribution is -2.18. The number of rotatable bonds is 7. The third kappa shape index (κ3) is 9.15. The van der Waals surface area contributed by atoms with Crippen molar-refractivity contribution in [1.29, 1.82) is 0 Å². The molecule has 0 saturated carbocycles. The normalized spacial score (nSPS) is 16.7. The summed E-state index contributed by atoms with van der Waals surface area (Å²) >= 11 is 12.5. The monoisotopic (exact) mass is 238 g/mol. The molecule has 0 nitrogen and oxygen atoms in total. The van der Waals surface area contributed by atoms with Crippen LogP contribution in [0.4, 0.5) is 0 Å². The van der Waals surface area contributed by atoms with Crippen LogP contribution in [0, 0.1) is 0 Å². The largest absolute Gasteiger partial charge is 0.120 e. The van der Waals surface area contributed by atoms with Crippen LogP contribution in [-0.4, -0.2) is 9.75 Å². The van der Waals surface area contributed by atoms with E-state index in [9.17, 15) is 0 Å². The van der Waals surface area contributed by atoms with Crippen molar-refractivity contribution in [3.63, 3.8) is 0 Å². The van der Waals surface area contributed by atoms with E-state index >= 15 is 0 Å². The molecule has 0 aromatic heterocycles. The van der Waals surface area contributed by atoms with Crippen molar-refractivity contribution in [2.24, 2.45) is 0 Å². The van der Waals surface area contributed by atoms with Gasteiger partial charge in [-0.3, -0.25) is 0 Å². The first-order valence-corrected chi connectivity index (χ1v) is 6.40. The predicted octanol–water partition coefficient (Wildman–Crippen LogP) is 5.36. The molecule has 0 heterocycles. The SMILES string of the molecule is CCCCC(C)(Cl)CCCC(C)(C)Cl. The van der Waals surface area contributed by atoms with E-state index in [0.717, 1.165) is 25.7 Å². The highest BCUT2D eigenvalue weighted by molar-refractivity contribution is 6.24. The molecule has 0 amide bonds. The molecule has 0 spiro atoms. The Hall–Kier alpha value is 0.580. The second-order valence-corrected chi connectivity index (χ2v) is 7.02. The Bertz CT molecular complexity index is 145. The van der Waals surface area contributed by atoms with Crippen LogP contribution in [0.15, 0.2) is 0 Å². The fraction of sp³-hybridized carbons (Fsp3) is 1.00. The minimum absolute atomic E-state index is 0.0157. The number of hydrogen-bond acceptors (Lipinski definition) is 0. The van der Waals surface area contributed by atoms with Gasteiger partial charge in [0.05, 0.1) is 0 Å². The summed E-state index contributed by atoms with van der Waals surface area (Å²) in [4.78, 5) is -0.0874. The molecule has 0 rings (SSSR count). The average Bonchev–Trinajstić information content (AvgIpc) is 1.98. The highest BCUT2D eigenvalue weighted by atomic mass is 35.5. The highest BCUT2D eigenvalue weighted by Gasteiger charge is 2.21. The summed E-state index contributed by atoms with van der Waals surface area (Å²) in [5, 5.41) is 0. The second-order valence-electron chi connectivity index (χ2n) is 5.09. The van der Waals surface area contributed by atoms with E-state index in [1.54, 1.807) is 0 Å². The first-order chi connectivity index (χ1) is 6.27. The van der Waals surface area contributed by atoms with Gasteiger partial charge in [-0.2, -0.15) is 0 Å². The van der Waals surface area contributed by atoms with Crippen molar-refractivity contribution in [1.82, 2.24) is 0 Å². The van der Waals surface area contributed by atoms with Gasteiger partial charge < -0.3 is 0 Å². The molecule has 1 unspecified atom stereocenters. The summed E-state index contributed by atoms with van der Waals surface area (Å²) in [6, 6.07) is 0. The van der Waals surface area contributed by atoms with Crippen LogP contribution in [0.2, 0.25) is 0 Å². The van der Waals surface area contributed by atoms with Crippen LogP contribution in [0.3, 0.4) is 0 Å². The Kier molecular flexibility index (Phi) is 6.48. The smallest absolute Gasteiger partial charge is 0.0418 e. The maximum Gasteiger partial charge on any atom is 0.0418 e. The Morgan fingerprint density at radius 1 is 0.857 bits per heavy atom. The van der Waals surface area contributed by atoms with Gasteiger partial charge >= 0.3 is 0 Å². The third-order valence-electron chi connectivity index (χ3n) is 2.52. The van der Waals surface area contributed by atoms with Crippen molar-refractivity contribution < 1.29 is 0 Å². The molecule has 0 aromatic carbocycles. The van der Waals surface area contributed by atoms with Crippen LogP contribution in [0.25, 0.3) is 0 Å². The van der Waals surface area contributed by atoms with Crippen molar-refractivity contribution in [3.8, 4) is 0 Å². The standard InChI is InChI=1S/C12H24Cl2/c1-5-6-9-12(4,14)10-7-8-11(2,3)13/h5-10H2,1-4H3. The van der Waals surface area contributed by atoms with Crippen LogP contribution in [0.5, 0.6) is 0 Å². The molecule has 0 N–H and O–H groups in total. The molecule has 0 bridgehead atoms. The molecule has 0 aromatic rings. The van der Waals surface area contributed by atoms with Gasteiger partial charge in [-0.25, -0.2) is 0 Å². The molecule has 0 radical (unpaired) electrons. The zero-order valence-electron chi connectivity index (χ0n) is 10.00. The van der Waals surface area contributed by atoms with Crippen LogP contribution in [0.1, 0.15) is 66.2 Å². The number of halogens is 2. The second kappa shape index (κ2) is 6.23. The molecule has 0 saturated heterocycles. The number of unbranched alkanes of at least 4 members (excludes halogenated alkanes) is 1. The lowest BCUT2D eigenvalue weighted by Gasteiger charge is -2.23. The van der Waals surface area contributed by atoms with Crippen molar-refractivity contribution in [2.75, 3.05) is 0 Å². The van der Waals surface area contributed by atoms with E-state index in [0.29, 0.717) is 0 Å². The molecule has 1 atom stereocenters. The molecule has 0 aliphatic heterocycles. The molecular weight excluding hydrogens is 215 g/mol. The Balaban J connectivity index is 3.65. The summed E-state index contributed by atoms with van der Waals surface area (Å²) in [6.07, 6.45) is 6.81. The zero-order chi connectivity index (χ0) is 11.2. The third-order valence-corrected chi connectivity index (χ3v) is 3.09. The van der Waals surface area contributed by atoms with Crippen molar-refractivity contribution >= 4 is 23.2 Å². The minimum Gasteiger partial charge on any atom is -0.120 e. The van der Waals surface area contributed by atoms with Gasteiger partial charge in [0.2, 0.25) is 0 Å². The van der Waals surface area contributed by atoms with E-state index in [1.807, 2.05) is 0 Å². The van der Waals surface area contributed by atoms with E-state index in [4.69, 9.17) is 23.2 Å². The fourth-order valence-corrected chi connectivity index (χ4v) is 1.95. The Morgan fingerprint density at radius 2 is 1.36 bits per heavy atom. The van der Waals surface area contributed by atoms with Crippen molar-refractivity contribution in [2.45, 2.75) is 76.0 Å². The number of hydrogen-bond donors (Lipinski definition) is 0.